The Kier molecular flexibility index (Phi) is 3.88. The van der Waals surface area contributed by atoms with Crippen LogP contribution < -0.4 is 5.32 Å². The van der Waals surface area contributed by atoms with E-state index in [9.17, 15) is 9.59 Å². The molecule has 16 heavy (non-hydrogen) atoms. The minimum Gasteiger partial charge on any atom is -0.466 e. The van der Waals surface area contributed by atoms with E-state index in [4.69, 9.17) is 4.42 Å². The van der Waals surface area contributed by atoms with Gasteiger partial charge in [0, 0.05) is 18.7 Å². The Labute approximate surface area is 93.1 Å². The van der Waals surface area contributed by atoms with Gasteiger partial charge in [-0.05, 0) is 19.1 Å². The Morgan fingerprint density at radius 1 is 1.50 bits per heavy atom. The van der Waals surface area contributed by atoms with E-state index in [2.05, 4.69) is 10.1 Å². The van der Waals surface area contributed by atoms with Gasteiger partial charge in [-0.1, -0.05) is 0 Å². The van der Waals surface area contributed by atoms with Crippen molar-refractivity contribution in [3.63, 3.8) is 0 Å². The van der Waals surface area contributed by atoms with E-state index in [-0.39, 0.29) is 11.7 Å². The molecule has 0 fully saturated rings. The number of carbonyl (C=O) groups is 2. The highest BCUT2D eigenvalue weighted by molar-refractivity contribution is 5.93. The summed E-state index contributed by atoms with van der Waals surface area (Å²) in [5.41, 5.74) is 0.712. The molecule has 5 heteroatoms. The smallest absolute Gasteiger partial charge is 0.330 e. The van der Waals surface area contributed by atoms with Crippen molar-refractivity contribution >= 4 is 18.0 Å². The molecule has 0 unspecified atom stereocenters. The predicted octanol–water partition coefficient (Wildman–Crippen LogP) is 1.13. The lowest BCUT2D eigenvalue weighted by atomic mass is 10.2. The number of carbonyl (C=O) groups excluding carboxylic acids is 2. The van der Waals surface area contributed by atoms with Crippen LogP contribution in [0.4, 0.5) is 0 Å². The Bertz CT molecular complexity index is 431. The zero-order valence-corrected chi connectivity index (χ0v) is 9.37. The number of aryl methyl sites for hydroxylation is 1. The van der Waals surface area contributed by atoms with Crippen molar-refractivity contribution in [2.45, 2.75) is 6.92 Å². The highest BCUT2D eigenvalue weighted by Gasteiger charge is 2.12. The van der Waals surface area contributed by atoms with Crippen LogP contribution in [0.3, 0.4) is 0 Å². The number of hydrogen-bond acceptors (Lipinski definition) is 4. The molecule has 0 saturated carbocycles. The number of methoxy groups -OCH3 is 1. The second-order valence-electron chi connectivity index (χ2n) is 3.10. The average Bonchev–Trinajstić information content (AvgIpc) is 2.66. The molecule has 1 N–H and O–H groups in total. The largest absolute Gasteiger partial charge is 0.466 e. The predicted molar refractivity (Wildman–Crippen MR) is 57.9 cm³/mol. The van der Waals surface area contributed by atoms with Crippen molar-refractivity contribution in [1.29, 1.82) is 0 Å². The first-order chi connectivity index (χ1) is 7.58. The van der Waals surface area contributed by atoms with Gasteiger partial charge in [-0.3, -0.25) is 4.79 Å². The first kappa shape index (κ1) is 12.0. The summed E-state index contributed by atoms with van der Waals surface area (Å²) in [4.78, 5) is 22.2. The zero-order valence-electron chi connectivity index (χ0n) is 9.37. The number of rotatable bonds is 3. The van der Waals surface area contributed by atoms with Crippen LogP contribution in [0.15, 0.2) is 16.6 Å². The van der Waals surface area contributed by atoms with Crippen LogP contribution in [-0.2, 0) is 9.53 Å². The number of hydrogen-bond donors (Lipinski definition) is 1. The van der Waals surface area contributed by atoms with Crippen molar-refractivity contribution in [3.05, 3.63) is 29.2 Å². The summed E-state index contributed by atoms with van der Waals surface area (Å²) in [6, 6.07) is 1.67. The van der Waals surface area contributed by atoms with Gasteiger partial charge in [-0.2, -0.15) is 0 Å². The minimum absolute atomic E-state index is 0.243. The van der Waals surface area contributed by atoms with Crippen molar-refractivity contribution in [2.24, 2.45) is 0 Å². The summed E-state index contributed by atoms with van der Waals surface area (Å²) in [6.07, 6.45) is 2.68. The highest BCUT2D eigenvalue weighted by atomic mass is 16.5. The molecule has 86 valence electrons. The topological polar surface area (TPSA) is 68.5 Å². The maximum atomic E-state index is 11.3. The zero-order chi connectivity index (χ0) is 12.1. The van der Waals surface area contributed by atoms with Gasteiger partial charge in [0.15, 0.2) is 5.76 Å². The molecular weight excluding hydrogens is 210 g/mol. The summed E-state index contributed by atoms with van der Waals surface area (Å²) >= 11 is 0. The number of nitrogens with one attached hydrogen (secondary N) is 1. The summed E-state index contributed by atoms with van der Waals surface area (Å²) in [7, 11) is 2.81. The number of furan rings is 1. The standard InChI is InChI=1S/C11H13NO4/c1-7-6-8(4-5-9(13)15-3)16-10(7)11(14)12-2/h4-6H,1-3H3,(H,12,14)/b5-4+. The Morgan fingerprint density at radius 2 is 2.19 bits per heavy atom. The minimum atomic E-state index is -0.476. The van der Waals surface area contributed by atoms with Crippen molar-refractivity contribution in [3.8, 4) is 0 Å². The van der Waals surface area contributed by atoms with E-state index in [1.165, 1.54) is 26.3 Å². The number of ether oxygens (including phenoxy) is 1. The summed E-state index contributed by atoms with van der Waals surface area (Å²) < 4.78 is 9.69. The molecule has 5 nitrogen and oxygen atoms in total. The fraction of sp³-hybridized carbons (Fsp3) is 0.273. The SMILES string of the molecule is CNC(=O)c1oc(/C=C/C(=O)OC)cc1C. The number of esters is 1. The van der Waals surface area contributed by atoms with Crippen molar-refractivity contribution in [1.82, 2.24) is 5.32 Å². The molecule has 1 rings (SSSR count). The summed E-state index contributed by atoms with van der Waals surface area (Å²) in [5.74, 6) is -0.0979. The van der Waals surface area contributed by atoms with Crippen LogP contribution in [-0.4, -0.2) is 26.0 Å². The first-order valence-corrected chi connectivity index (χ1v) is 4.67. The maximum absolute atomic E-state index is 11.3. The molecule has 0 radical (unpaired) electrons. The van der Waals surface area contributed by atoms with Gasteiger partial charge in [0.25, 0.3) is 5.91 Å². The van der Waals surface area contributed by atoms with Crippen LogP contribution in [0.5, 0.6) is 0 Å². The third kappa shape index (κ3) is 2.73. The Hall–Kier alpha value is -2.04. The molecule has 0 spiro atoms. The van der Waals surface area contributed by atoms with Crippen LogP contribution in [0, 0.1) is 6.92 Å². The van der Waals surface area contributed by atoms with Gasteiger partial charge >= 0.3 is 5.97 Å². The van der Waals surface area contributed by atoms with E-state index in [0.717, 1.165) is 0 Å². The maximum Gasteiger partial charge on any atom is 0.330 e. The van der Waals surface area contributed by atoms with E-state index < -0.39 is 5.97 Å². The monoisotopic (exact) mass is 223 g/mol. The number of amides is 1. The molecule has 0 aromatic carbocycles. The average molecular weight is 223 g/mol. The Balaban J connectivity index is 2.89. The van der Waals surface area contributed by atoms with Crippen LogP contribution in [0.25, 0.3) is 6.08 Å². The lowest BCUT2D eigenvalue weighted by Crippen LogP contribution is -2.17. The van der Waals surface area contributed by atoms with Gasteiger partial charge in [0.1, 0.15) is 5.76 Å². The van der Waals surface area contributed by atoms with Gasteiger partial charge in [0.2, 0.25) is 0 Å². The fourth-order valence-electron chi connectivity index (χ4n) is 1.15. The molecule has 0 saturated heterocycles. The first-order valence-electron chi connectivity index (χ1n) is 4.67. The fourth-order valence-corrected chi connectivity index (χ4v) is 1.15. The van der Waals surface area contributed by atoms with E-state index >= 15 is 0 Å². The molecule has 0 aliphatic rings. The molecule has 0 aliphatic heterocycles. The highest BCUT2D eigenvalue weighted by Crippen LogP contribution is 2.15. The van der Waals surface area contributed by atoms with E-state index in [1.54, 1.807) is 13.0 Å². The van der Waals surface area contributed by atoms with Crippen LogP contribution >= 0.6 is 0 Å². The lowest BCUT2D eigenvalue weighted by Gasteiger charge is -1.94. The normalized spacial score (nSPS) is 10.4. The van der Waals surface area contributed by atoms with Gasteiger partial charge in [-0.25, -0.2) is 4.79 Å². The van der Waals surface area contributed by atoms with Crippen molar-refractivity contribution < 1.29 is 18.7 Å². The van der Waals surface area contributed by atoms with Gasteiger partial charge < -0.3 is 14.5 Å². The molecule has 0 atom stereocenters. The van der Waals surface area contributed by atoms with Gasteiger partial charge in [-0.15, -0.1) is 0 Å². The second-order valence-corrected chi connectivity index (χ2v) is 3.10. The summed E-state index contributed by atoms with van der Waals surface area (Å²) in [5, 5.41) is 2.46. The Morgan fingerprint density at radius 3 is 2.75 bits per heavy atom. The summed E-state index contributed by atoms with van der Waals surface area (Å²) in [6.45, 7) is 1.75. The molecule has 0 bridgehead atoms. The van der Waals surface area contributed by atoms with Crippen molar-refractivity contribution in [2.75, 3.05) is 14.2 Å². The molecule has 0 aliphatic carbocycles. The third-order valence-electron chi connectivity index (χ3n) is 1.95. The van der Waals surface area contributed by atoms with Crippen LogP contribution in [0.1, 0.15) is 21.9 Å². The molecule has 1 aromatic rings. The third-order valence-corrected chi connectivity index (χ3v) is 1.95. The quantitative estimate of drug-likeness (QED) is 0.616. The lowest BCUT2D eigenvalue weighted by molar-refractivity contribution is -0.134. The molecular formula is C11H13NO4. The molecule has 1 amide bonds. The second kappa shape index (κ2) is 5.16. The molecule has 1 aromatic heterocycles. The van der Waals surface area contributed by atoms with E-state index in [1.807, 2.05) is 0 Å². The van der Waals surface area contributed by atoms with E-state index in [0.29, 0.717) is 11.3 Å². The van der Waals surface area contributed by atoms with Gasteiger partial charge in [0.05, 0.1) is 7.11 Å². The molecule has 1 heterocycles. The van der Waals surface area contributed by atoms with Crippen LogP contribution in [0.2, 0.25) is 0 Å².